The summed E-state index contributed by atoms with van der Waals surface area (Å²) in [6.45, 7) is 3.59. The van der Waals surface area contributed by atoms with Gasteiger partial charge in [0.05, 0.1) is 6.04 Å². The van der Waals surface area contributed by atoms with Crippen LogP contribution in [0.1, 0.15) is 18.7 Å². The third-order valence-corrected chi connectivity index (χ3v) is 3.95. The number of nitrogens with zero attached hydrogens (tertiary/aromatic N) is 2. The van der Waals surface area contributed by atoms with Gasteiger partial charge in [0.15, 0.2) is 0 Å². The minimum absolute atomic E-state index is 0.0750. The molecule has 4 nitrogen and oxygen atoms in total. The van der Waals surface area contributed by atoms with Crippen LogP contribution in [-0.2, 0) is 6.54 Å². The summed E-state index contributed by atoms with van der Waals surface area (Å²) >= 11 is 5.84. The SMILES string of the molecule is C[C@@H]1c2cccn2CCN1C(=O)Nc1ccc(Cl)cc1. The molecular formula is C15H16ClN3O. The van der Waals surface area contributed by atoms with Gasteiger partial charge in [-0.15, -0.1) is 0 Å². The van der Waals surface area contributed by atoms with Gasteiger partial charge in [-0.25, -0.2) is 4.79 Å². The van der Waals surface area contributed by atoms with E-state index >= 15 is 0 Å². The normalized spacial score (nSPS) is 17.7. The van der Waals surface area contributed by atoms with E-state index in [0.717, 1.165) is 12.2 Å². The fraction of sp³-hybridized carbons (Fsp3) is 0.267. The van der Waals surface area contributed by atoms with Crippen LogP contribution in [0.4, 0.5) is 10.5 Å². The van der Waals surface area contributed by atoms with E-state index in [1.807, 2.05) is 17.9 Å². The highest BCUT2D eigenvalue weighted by Crippen LogP contribution is 2.26. The Hall–Kier alpha value is -1.94. The highest BCUT2D eigenvalue weighted by atomic mass is 35.5. The van der Waals surface area contributed by atoms with Crippen molar-refractivity contribution < 1.29 is 4.79 Å². The summed E-state index contributed by atoms with van der Waals surface area (Å²) in [7, 11) is 0. The Morgan fingerprint density at radius 2 is 2.00 bits per heavy atom. The van der Waals surface area contributed by atoms with Crippen molar-refractivity contribution in [2.45, 2.75) is 19.5 Å². The number of urea groups is 1. The topological polar surface area (TPSA) is 37.3 Å². The van der Waals surface area contributed by atoms with E-state index < -0.39 is 0 Å². The number of carbonyl (C=O) groups is 1. The van der Waals surface area contributed by atoms with E-state index in [9.17, 15) is 4.79 Å². The first-order valence-corrected chi connectivity index (χ1v) is 7.01. The fourth-order valence-corrected chi connectivity index (χ4v) is 2.71. The Morgan fingerprint density at radius 3 is 2.75 bits per heavy atom. The molecule has 5 heteroatoms. The lowest BCUT2D eigenvalue weighted by Crippen LogP contribution is -2.42. The first kappa shape index (κ1) is 13.1. The lowest BCUT2D eigenvalue weighted by molar-refractivity contribution is 0.175. The van der Waals surface area contributed by atoms with Crippen molar-refractivity contribution in [3.63, 3.8) is 0 Å². The third kappa shape index (κ3) is 2.39. The maximum Gasteiger partial charge on any atom is 0.322 e. The Kier molecular flexibility index (Phi) is 3.40. The van der Waals surface area contributed by atoms with Crippen LogP contribution >= 0.6 is 11.6 Å². The van der Waals surface area contributed by atoms with Gasteiger partial charge in [0.25, 0.3) is 0 Å². The zero-order valence-electron chi connectivity index (χ0n) is 11.2. The van der Waals surface area contributed by atoms with Crippen LogP contribution in [-0.4, -0.2) is 22.0 Å². The van der Waals surface area contributed by atoms with Gasteiger partial charge in [-0.2, -0.15) is 0 Å². The van der Waals surface area contributed by atoms with Crippen molar-refractivity contribution in [1.82, 2.24) is 9.47 Å². The summed E-state index contributed by atoms with van der Waals surface area (Å²) in [4.78, 5) is 14.2. The number of benzene rings is 1. The number of hydrogen-bond acceptors (Lipinski definition) is 1. The second-order valence-electron chi connectivity index (χ2n) is 4.93. The number of rotatable bonds is 1. The van der Waals surface area contributed by atoms with Crippen LogP contribution in [0.3, 0.4) is 0 Å². The molecule has 0 saturated heterocycles. The molecule has 20 heavy (non-hydrogen) atoms. The molecule has 0 bridgehead atoms. The Labute approximate surface area is 123 Å². The number of aromatic nitrogens is 1. The van der Waals surface area contributed by atoms with Crippen molar-refractivity contribution >= 4 is 23.3 Å². The number of halogens is 1. The number of hydrogen-bond donors (Lipinski definition) is 1. The maximum atomic E-state index is 12.4. The molecule has 0 aliphatic carbocycles. The van der Waals surface area contributed by atoms with E-state index in [4.69, 9.17) is 11.6 Å². The summed E-state index contributed by atoms with van der Waals surface area (Å²) in [5.74, 6) is 0. The molecule has 1 aromatic carbocycles. The summed E-state index contributed by atoms with van der Waals surface area (Å²) in [5.41, 5.74) is 1.93. The molecule has 2 amide bonds. The van der Waals surface area contributed by atoms with Crippen LogP contribution in [0.25, 0.3) is 0 Å². The van der Waals surface area contributed by atoms with Gasteiger partial charge >= 0.3 is 6.03 Å². The maximum absolute atomic E-state index is 12.4. The van der Waals surface area contributed by atoms with Gasteiger partial charge in [0.1, 0.15) is 0 Å². The number of anilines is 1. The highest BCUT2D eigenvalue weighted by molar-refractivity contribution is 6.30. The van der Waals surface area contributed by atoms with Crippen LogP contribution in [0.5, 0.6) is 0 Å². The van der Waals surface area contributed by atoms with Crippen molar-refractivity contribution in [2.24, 2.45) is 0 Å². The summed E-state index contributed by atoms with van der Waals surface area (Å²) < 4.78 is 2.19. The Morgan fingerprint density at radius 1 is 1.25 bits per heavy atom. The Bertz CT molecular complexity index is 620. The van der Waals surface area contributed by atoms with E-state index in [0.29, 0.717) is 11.6 Å². The summed E-state index contributed by atoms with van der Waals surface area (Å²) in [6, 6.07) is 11.2. The van der Waals surface area contributed by atoms with Crippen LogP contribution in [0, 0.1) is 0 Å². The van der Waals surface area contributed by atoms with Gasteiger partial charge in [-0.1, -0.05) is 11.6 Å². The molecule has 0 fully saturated rings. The third-order valence-electron chi connectivity index (χ3n) is 3.70. The molecular weight excluding hydrogens is 274 g/mol. The lowest BCUT2D eigenvalue weighted by atomic mass is 10.1. The second kappa shape index (κ2) is 5.21. The average Bonchev–Trinajstić information content (AvgIpc) is 2.91. The first-order valence-electron chi connectivity index (χ1n) is 6.63. The number of fused-ring (bicyclic) bond motifs is 1. The van der Waals surface area contributed by atoms with Gasteiger partial charge in [0.2, 0.25) is 0 Å². The standard InChI is InChI=1S/C15H16ClN3O/c1-11-14-3-2-8-18(14)9-10-19(11)15(20)17-13-6-4-12(16)5-7-13/h2-8,11H,9-10H2,1H3,(H,17,20)/t11-/m1/s1. The summed E-state index contributed by atoms with van der Waals surface area (Å²) in [6.07, 6.45) is 2.06. The van der Waals surface area contributed by atoms with Crippen LogP contribution in [0.15, 0.2) is 42.6 Å². The zero-order chi connectivity index (χ0) is 14.1. The number of carbonyl (C=O) groups excluding carboxylic acids is 1. The molecule has 1 N–H and O–H groups in total. The smallest absolute Gasteiger partial charge is 0.322 e. The Balaban J connectivity index is 1.73. The van der Waals surface area contributed by atoms with E-state index in [2.05, 4.69) is 22.1 Å². The first-order chi connectivity index (χ1) is 9.65. The molecule has 0 saturated carbocycles. The monoisotopic (exact) mass is 289 g/mol. The largest absolute Gasteiger partial charge is 0.348 e. The molecule has 0 unspecified atom stereocenters. The van der Waals surface area contributed by atoms with Crippen LogP contribution in [0.2, 0.25) is 5.02 Å². The summed E-state index contributed by atoms with van der Waals surface area (Å²) in [5, 5.41) is 3.57. The molecule has 1 atom stereocenters. The second-order valence-corrected chi connectivity index (χ2v) is 5.37. The van der Waals surface area contributed by atoms with Crippen LogP contribution < -0.4 is 5.32 Å². The molecule has 0 spiro atoms. The predicted octanol–water partition coefficient (Wildman–Crippen LogP) is 3.75. The van der Waals surface area contributed by atoms with Gasteiger partial charge in [0, 0.05) is 35.7 Å². The quantitative estimate of drug-likeness (QED) is 0.853. The molecule has 1 aromatic heterocycles. The zero-order valence-corrected chi connectivity index (χ0v) is 12.0. The number of amides is 2. The molecule has 2 aromatic rings. The highest BCUT2D eigenvalue weighted by Gasteiger charge is 2.27. The predicted molar refractivity (Wildman–Crippen MR) is 80.0 cm³/mol. The minimum atomic E-state index is -0.0766. The molecule has 2 heterocycles. The van der Waals surface area contributed by atoms with Crippen molar-refractivity contribution in [1.29, 1.82) is 0 Å². The van der Waals surface area contributed by atoms with E-state index in [1.165, 1.54) is 5.69 Å². The average molecular weight is 290 g/mol. The lowest BCUT2D eigenvalue weighted by Gasteiger charge is -2.34. The van der Waals surface area contributed by atoms with Crippen molar-refractivity contribution in [3.8, 4) is 0 Å². The molecule has 1 aliphatic rings. The number of nitrogens with one attached hydrogen (secondary N) is 1. The van der Waals surface area contributed by atoms with Crippen molar-refractivity contribution in [2.75, 3.05) is 11.9 Å². The van der Waals surface area contributed by atoms with E-state index in [1.54, 1.807) is 24.3 Å². The minimum Gasteiger partial charge on any atom is -0.348 e. The van der Waals surface area contributed by atoms with E-state index in [-0.39, 0.29) is 12.1 Å². The molecule has 104 valence electrons. The van der Waals surface area contributed by atoms with Gasteiger partial charge in [-0.3, -0.25) is 0 Å². The van der Waals surface area contributed by atoms with Gasteiger partial charge < -0.3 is 14.8 Å². The molecule has 0 radical (unpaired) electrons. The van der Waals surface area contributed by atoms with Gasteiger partial charge in [-0.05, 0) is 43.3 Å². The van der Waals surface area contributed by atoms with Crippen molar-refractivity contribution in [3.05, 3.63) is 53.3 Å². The molecule has 3 rings (SSSR count). The molecule has 1 aliphatic heterocycles. The fourth-order valence-electron chi connectivity index (χ4n) is 2.58.